The van der Waals surface area contributed by atoms with Gasteiger partial charge in [0.25, 0.3) is 5.91 Å². The van der Waals surface area contributed by atoms with E-state index in [2.05, 4.69) is 5.32 Å². The van der Waals surface area contributed by atoms with Crippen molar-refractivity contribution >= 4 is 21.9 Å². The lowest BCUT2D eigenvalue weighted by Crippen LogP contribution is -2.31. The van der Waals surface area contributed by atoms with Crippen molar-refractivity contribution in [3.05, 3.63) is 29.3 Å². The number of hydrogen-bond acceptors (Lipinski definition) is 6. The third kappa shape index (κ3) is 5.54. The van der Waals surface area contributed by atoms with Crippen molar-refractivity contribution in [2.24, 2.45) is 0 Å². The molecular formula is C17H23N3O5S. The molecule has 8 nitrogen and oxygen atoms in total. The van der Waals surface area contributed by atoms with E-state index in [1.54, 1.807) is 20.8 Å². The number of benzene rings is 1. The molecule has 1 N–H and O–H groups in total. The van der Waals surface area contributed by atoms with Crippen LogP contribution in [0.15, 0.2) is 23.1 Å². The number of hydrogen-bond donors (Lipinski definition) is 1. The molecule has 0 radical (unpaired) electrons. The smallest absolute Gasteiger partial charge is 0.338 e. The lowest BCUT2D eigenvalue weighted by atomic mass is 10.1. The summed E-state index contributed by atoms with van der Waals surface area (Å²) in [6, 6.07) is 6.11. The van der Waals surface area contributed by atoms with Gasteiger partial charge in [0.05, 0.1) is 22.9 Å². The zero-order valence-corrected chi connectivity index (χ0v) is 15.9. The first-order chi connectivity index (χ1) is 12.3. The van der Waals surface area contributed by atoms with Crippen molar-refractivity contribution in [3.63, 3.8) is 0 Å². The summed E-state index contributed by atoms with van der Waals surface area (Å²) in [5, 5.41) is 10.8. The maximum atomic E-state index is 12.6. The van der Waals surface area contributed by atoms with Crippen molar-refractivity contribution < 1.29 is 22.7 Å². The Balaban J connectivity index is 2.92. The number of nitrogens with one attached hydrogen (secondary N) is 1. The molecular weight excluding hydrogens is 358 g/mol. The monoisotopic (exact) mass is 381 g/mol. The molecule has 142 valence electrons. The fourth-order valence-electron chi connectivity index (χ4n) is 2.21. The number of carbonyl (C=O) groups is 2. The van der Waals surface area contributed by atoms with E-state index in [0.29, 0.717) is 18.7 Å². The van der Waals surface area contributed by atoms with Gasteiger partial charge in [-0.2, -0.15) is 9.57 Å². The van der Waals surface area contributed by atoms with Crippen molar-refractivity contribution in [2.45, 2.75) is 32.1 Å². The largest absolute Gasteiger partial charge is 0.452 e. The van der Waals surface area contributed by atoms with E-state index in [1.807, 2.05) is 6.07 Å². The Kier molecular flexibility index (Phi) is 8.22. The molecule has 26 heavy (non-hydrogen) atoms. The minimum atomic E-state index is -3.70. The van der Waals surface area contributed by atoms with Gasteiger partial charge in [-0.05, 0) is 24.6 Å². The molecule has 0 spiro atoms. The van der Waals surface area contributed by atoms with Crippen LogP contribution in [0, 0.1) is 18.3 Å². The van der Waals surface area contributed by atoms with Crippen LogP contribution in [0.2, 0.25) is 0 Å². The van der Waals surface area contributed by atoms with Gasteiger partial charge >= 0.3 is 5.97 Å². The van der Waals surface area contributed by atoms with Crippen LogP contribution in [0.1, 0.15) is 36.2 Å². The van der Waals surface area contributed by atoms with Gasteiger partial charge in [-0.1, -0.05) is 19.9 Å². The highest BCUT2D eigenvalue weighted by molar-refractivity contribution is 7.89. The van der Waals surface area contributed by atoms with Crippen molar-refractivity contribution in [3.8, 4) is 6.07 Å². The zero-order chi connectivity index (χ0) is 19.7. The van der Waals surface area contributed by atoms with Gasteiger partial charge in [-0.25, -0.2) is 13.2 Å². The van der Waals surface area contributed by atoms with Crippen molar-refractivity contribution in [1.29, 1.82) is 5.26 Å². The van der Waals surface area contributed by atoms with Gasteiger partial charge in [-0.15, -0.1) is 0 Å². The predicted octanol–water partition coefficient (Wildman–Crippen LogP) is 1.21. The molecule has 1 aromatic rings. The summed E-state index contributed by atoms with van der Waals surface area (Å²) >= 11 is 0. The molecule has 1 amide bonds. The molecule has 1 rings (SSSR count). The normalized spacial score (nSPS) is 11.0. The van der Waals surface area contributed by atoms with E-state index in [4.69, 9.17) is 10.00 Å². The average Bonchev–Trinajstić information content (AvgIpc) is 2.61. The topological polar surface area (TPSA) is 117 Å². The second-order valence-corrected chi connectivity index (χ2v) is 7.34. The van der Waals surface area contributed by atoms with Crippen LogP contribution in [0.25, 0.3) is 0 Å². The highest BCUT2D eigenvalue weighted by Crippen LogP contribution is 2.20. The minimum Gasteiger partial charge on any atom is -0.452 e. The molecule has 0 aliphatic rings. The quantitative estimate of drug-likeness (QED) is 0.508. The fraction of sp³-hybridized carbons (Fsp3) is 0.471. The Hall–Kier alpha value is -2.44. The average molecular weight is 381 g/mol. The van der Waals surface area contributed by atoms with Gasteiger partial charge in [0.15, 0.2) is 6.61 Å². The second kappa shape index (κ2) is 9.89. The van der Waals surface area contributed by atoms with E-state index in [1.165, 1.54) is 22.5 Å². The van der Waals surface area contributed by atoms with E-state index in [0.717, 1.165) is 0 Å². The number of sulfonamides is 1. The maximum Gasteiger partial charge on any atom is 0.338 e. The highest BCUT2D eigenvalue weighted by Gasteiger charge is 2.24. The molecule has 0 aromatic heterocycles. The minimum absolute atomic E-state index is 0.00257. The third-order valence-electron chi connectivity index (χ3n) is 3.67. The van der Waals surface area contributed by atoms with Gasteiger partial charge < -0.3 is 10.1 Å². The number of ether oxygens (including phenoxy) is 1. The van der Waals surface area contributed by atoms with Crippen LogP contribution >= 0.6 is 0 Å². The summed E-state index contributed by atoms with van der Waals surface area (Å²) in [4.78, 5) is 23.8. The molecule has 0 aliphatic heterocycles. The highest BCUT2D eigenvalue weighted by atomic mass is 32.2. The third-order valence-corrected chi connectivity index (χ3v) is 5.71. The van der Waals surface area contributed by atoms with Crippen molar-refractivity contribution in [1.82, 2.24) is 9.62 Å². The SMILES string of the molecule is CCN(CC)S(=O)(=O)c1ccc(C)c(C(=O)OCC(=O)NCCC#N)c1. The number of nitriles is 1. The summed E-state index contributed by atoms with van der Waals surface area (Å²) in [6.07, 6.45) is 0.157. The number of esters is 1. The lowest BCUT2D eigenvalue weighted by molar-refractivity contribution is -0.124. The summed E-state index contributed by atoms with van der Waals surface area (Å²) < 4.78 is 31.4. The van der Waals surface area contributed by atoms with Crippen LogP contribution < -0.4 is 5.32 Å². The zero-order valence-electron chi connectivity index (χ0n) is 15.1. The molecule has 1 aromatic carbocycles. The van der Waals surface area contributed by atoms with E-state index in [-0.39, 0.29) is 23.4 Å². The Labute approximate surface area is 153 Å². The Morgan fingerprint density at radius 3 is 2.50 bits per heavy atom. The number of carbonyl (C=O) groups excluding carboxylic acids is 2. The van der Waals surface area contributed by atoms with Crippen molar-refractivity contribution in [2.75, 3.05) is 26.2 Å². The molecule has 0 saturated carbocycles. The first kappa shape index (κ1) is 21.6. The van der Waals surface area contributed by atoms with E-state index < -0.39 is 28.5 Å². The molecule has 0 saturated heterocycles. The molecule has 0 fully saturated rings. The van der Waals surface area contributed by atoms with Crippen LogP contribution in [0.4, 0.5) is 0 Å². The molecule has 0 bridgehead atoms. The van der Waals surface area contributed by atoms with E-state index in [9.17, 15) is 18.0 Å². The van der Waals surface area contributed by atoms with Crippen LogP contribution in [-0.4, -0.2) is 50.8 Å². The molecule has 0 aliphatic carbocycles. The Bertz CT molecular complexity index is 795. The summed E-state index contributed by atoms with van der Waals surface area (Å²) in [5.74, 6) is -1.31. The predicted molar refractivity (Wildman–Crippen MR) is 94.8 cm³/mol. The first-order valence-corrected chi connectivity index (χ1v) is 9.63. The van der Waals surface area contributed by atoms with Gasteiger partial charge in [0.1, 0.15) is 0 Å². The fourth-order valence-corrected chi connectivity index (χ4v) is 3.70. The van der Waals surface area contributed by atoms with E-state index >= 15 is 0 Å². The Morgan fingerprint density at radius 2 is 1.92 bits per heavy atom. The molecule has 9 heteroatoms. The summed E-state index contributed by atoms with van der Waals surface area (Å²) in [7, 11) is -3.70. The first-order valence-electron chi connectivity index (χ1n) is 8.19. The number of rotatable bonds is 9. The molecule has 0 atom stereocenters. The van der Waals surface area contributed by atoms with Gasteiger partial charge in [0, 0.05) is 19.6 Å². The van der Waals surface area contributed by atoms with Gasteiger partial charge in [-0.3, -0.25) is 4.79 Å². The second-order valence-electron chi connectivity index (χ2n) is 5.40. The molecule has 0 heterocycles. The lowest BCUT2D eigenvalue weighted by Gasteiger charge is -2.19. The Morgan fingerprint density at radius 1 is 1.27 bits per heavy atom. The van der Waals surface area contributed by atoms with Crippen LogP contribution in [-0.2, 0) is 19.6 Å². The molecule has 0 unspecified atom stereocenters. The van der Waals surface area contributed by atoms with Crippen LogP contribution in [0.5, 0.6) is 0 Å². The standard InChI is InChI=1S/C17H23N3O5S/c1-4-20(5-2)26(23,24)14-8-7-13(3)15(11-14)17(22)25-12-16(21)19-10-6-9-18/h7-8,11H,4-6,10,12H2,1-3H3,(H,19,21). The van der Waals surface area contributed by atoms with Crippen LogP contribution in [0.3, 0.4) is 0 Å². The summed E-state index contributed by atoms with van der Waals surface area (Å²) in [5.41, 5.74) is 0.626. The number of nitrogens with zero attached hydrogens (tertiary/aromatic N) is 2. The summed E-state index contributed by atoms with van der Waals surface area (Å²) in [6.45, 7) is 5.41. The maximum absolute atomic E-state index is 12.6. The van der Waals surface area contributed by atoms with Gasteiger partial charge in [0.2, 0.25) is 10.0 Å². The number of amides is 1. The number of aryl methyl sites for hydroxylation is 1.